The van der Waals surface area contributed by atoms with Gasteiger partial charge in [-0.3, -0.25) is 0 Å². The molecule has 1 aromatic rings. The van der Waals surface area contributed by atoms with E-state index in [0.717, 1.165) is 0 Å². The summed E-state index contributed by atoms with van der Waals surface area (Å²) >= 11 is 8.80. The van der Waals surface area contributed by atoms with Crippen LogP contribution in [-0.2, 0) is 0 Å². The molecule has 3 nitrogen and oxygen atoms in total. The molecule has 0 aliphatic carbocycles. The molecular formula is C8H7BrClFN2O. The van der Waals surface area contributed by atoms with Crippen molar-refractivity contribution in [3.05, 3.63) is 27.4 Å². The molecule has 2 N–H and O–H groups in total. The fourth-order valence-electron chi connectivity index (χ4n) is 0.838. The van der Waals surface area contributed by atoms with E-state index >= 15 is 0 Å². The first kappa shape index (κ1) is 11.3. The van der Waals surface area contributed by atoms with Gasteiger partial charge in [-0.2, -0.15) is 0 Å². The first-order valence-corrected chi connectivity index (χ1v) is 4.85. The van der Waals surface area contributed by atoms with Crippen molar-refractivity contribution in [3.8, 4) is 0 Å². The van der Waals surface area contributed by atoms with E-state index < -0.39 is 11.8 Å². The molecule has 6 heteroatoms. The summed E-state index contributed by atoms with van der Waals surface area (Å²) in [6.45, 7) is 0. The Morgan fingerprint density at radius 1 is 1.57 bits per heavy atom. The second-order valence-electron chi connectivity index (χ2n) is 2.45. The highest BCUT2D eigenvalue weighted by Gasteiger charge is 2.10. The molecule has 0 unspecified atom stereocenters. The number of rotatable bonds is 1. The number of carbonyl (C=O) groups is 1. The lowest BCUT2D eigenvalue weighted by Gasteiger charge is -2.07. The van der Waals surface area contributed by atoms with Crippen LogP contribution in [0.15, 0.2) is 16.6 Å². The Kier molecular flexibility index (Phi) is 3.71. The van der Waals surface area contributed by atoms with E-state index in [1.54, 1.807) is 0 Å². The summed E-state index contributed by atoms with van der Waals surface area (Å²) in [6.07, 6.45) is 0. The van der Waals surface area contributed by atoms with Crippen molar-refractivity contribution < 1.29 is 9.18 Å². The van der Waals surface area contributed by atoms with E-state index in [0.29, 0.717) is 4.47 Å². The van der Waals surface area contributed by atoms with Gasteiger partial charge in [0.15, 0.2) is 0 Å². The first-order chi connectivity index (χ1) is 6.54. The van der Waals surface area contributed by atoms with Gasteiger partial charge in [-0.15, -0.1) is 0 Å². The Balaban J connectivity index is 3.02. The number of carbonyl (C=O) groups excluding carboxylic acids is 1. The molecule has 0 fully saturated rings. The molecule has 0 atom stereocenters. The predicted octanol–water partition coefficient (Wildman–Crippen LogP) is 2.99. The Morgan fingerprint density at radius 3 is 2.71 bits per heavy atom. The van der Waals surface area contributed by atoms with E-state index in [1.807, 2.05) is 0 Å². The van der Waals surface area contributed by atoms with Crippen LogP contribution in [0, 0.1) is 5.82 Å². The highest BCUT2D eigenvalue weighted by Crippen LogP contribution is 2.28. The van der Waals surface area contributed by atoms with Crippen LogP contribution >= 0.6 is 27.5 Å². The average molecular weight is 282 g/mol. The monoisotopic (exact) mass is 280 g/mol. The number of hydrogen-bond acceptors (Lipinski definition) is 1. The normalized spacial score (nSPS) is 9.71. The topological polar surface area (TPSA) is 41.1 Å². The fourth-order valence-corrected chi connectivity index (χ4v) is 1.65. The lowest BCUT2D eigenvalue weighted by atomic mass is 10.3. The summed E-state index contributed by atoms with van der Waals surface area (Å²) in [5.74, 6) is -0.590. The van der Waals surface area contributed by atoms with Gasteiger partial charge in [-0.05, 0) is 12.1 Å². The second kappa shape index (κ2) is 4.61. The van der Waals surface area contributed by atoms with Gasteiger partial charge in [0.1, 0.15) is 5.82 Å². The number of urea groups is 1. The molecule has 0 radical (unpaired) electrons. The number of anilines is 1. The summed E-state index contributed by atoms with van der Waals surface area (Å²) < 4.78 is 13.8. The molecule has 1 rings (SSSR count). The second-order valence-corrected chi connectivity index (χ2v) is 3.77. The Labute approximate surface area is 93.8 Å². The number of benzene rings is 1. The van der Waals surface area contributed by atoms with Gasteiger partial charge in [-0.1, -0.05) is 27.5 Å². The smallest absolute Gasteiger partial charge is 0.319 e. The minimum Gasteiger partial charge on any atom is -0.341 e. The minimum absolute atomic E-state index is 0.0331. The molecule has 0 heterocycles. The van der Waals surface area contributed by atoms with Crippen LogP contribution in [0.3, 0.4) is 0 Å². The number of nitrogens with one attached hydrogen (secondary N) is 2. The molecule has 0 aromatic heterocycles. The highest BCUT2D eigenvalue weighted by atomic mass is 79.9. The number of halogens is 3. The first-order valence-electron chi connectivity index (χ1n) is 3.68. The van der Waals surface area contributed by atoms with Crippen molar-refractivity contribution in [2.45, 2.75) is 0 Å². The SMILES string of the molecule is CNC(=O)Nc1c(F)cc(Br)cc1Cl. The van der Waals surface area contributed by atoms with Crippen molar-refractivity contribution in [1.82, 2.24) is 5.32 Å². The third kappa shape index (κ3) is 2.59. The van der Waals surface area contributed by atoms with Crippen LogP contribution in [0.5, 0.6) is 0 Å². The average Bonchev–Trinajstić information content (AvgIpc) is 2.10. The quantitative estimate of drug-likeness (QED) is 0.816. The fraction of sp³-hybridized carbons (Fsp3) is 0.125. The largest absolute Gasteiger partial charge is 0.341 e. The summed E-state index contributed by atoms with van der Waals surface area (Å²) in [6, 6.07) is 2.20. The van der Waals surface area contributed by atoms with Crippen LogP contribution < -0.4 is 10.6 Å². The lowest BCUT2D eigenvalue weighted by Crippen LogP contribution is -2.25. The maximum atomic E-state index is 13.3. The van der Waals surface area contributed by atoms with Crippen LogP contribution in [0.2, 0.25) is 5.02 Å². The third-order valence-electron chi connectivity index (χ3n) is 1.47. The molecule has 0 spiro atoms. The van der Waals surface area contributed by atoms with E-state index in [2.05, 4.69) is 26.6 Å². The van der Waals surface area contributed by atoms with E-state index in [-0.39, 0.29) is 10.7 Å². The highest BCUT2D eigenvalue weighted by molar-refractivity contribution is 9.10. The van der Waals surface area contributed by atoms with Crippen molar-refractivity contribution >= 4 is 39.2 Å². The zero-order chi connectivity index (χ0) is 10.7. The molecular weight excluding hydrogens is 274 g/mol. The number of amides is 2. The molecule has 0 bridgehead atoms. The van der Waals surface area contributed by atoms with Crippen molar-refractivity contribution in [2.75, 3.05) is 12.4 Å². The molecule has 14 heavy (non-hydrogen) atoms. The van der Waals surface area contributed by atoms with Gasteiger partial charge in [-0.25, -0.2) is 9.18 Å². The van der Waals surface area contributed by atoms with E-state index in [1.165, 1.54) is 19.2 Å². The van der Waals surface area contributed by atoms with Crippen molar-refractivity contribution in [3.63, 3.8) is 0 Å². The summed E-state index contributed by atoms with van der Waals surface area (Å²) in [5, 5.41) is 4.71. The molecule has 0 aliphatic rings. The maximum absolute atomic E-state index is 13.3. The maximum Gasteiger partial charge on any atom is 0.319 e. The molecule has 1 aromatic carbocycles. The van der Waals surface area contributed by atoms with Gasteiger partial charge >= 0.3 is 6.03 Å². The van der Waals surface area contributed by atoms with Gasteiger partial charge < -0.3 is 10.6 Å². The number of hydrogen-bond donors (Lipinski definition) is 2. The summed E-state index contributed by atoms with van der Waals surface area (Å²) in [5.41, 5.74) is -0.0331. The van der Waals surface area contributed by atoms with Crippen molar-refractivity contribution in [1.29, 1.82) is 0 Å². The predicted molar refractivity (Wildman–Crippen MR) is 57.2 cm³/mol. The Hall–Kier alpha value is -0.810. The van der Waals surface area contributed by atoms with E-state index in [9.17, 15) is 9.18 Å². The van der Waals surface area contributed by atoms with Gasteiger partial charge in [0.2, 0.25) is 0 Å². The van der Waals surface area contributed by atoms with Crippen LogP contribution in [-0.4, -0.2) is 13.1 Å². The molecule has 2 amide bonds. The third-order valence-corrected chi connectivity index (χ3v) is 2.23. The minimum atomic E-state index is -0.590. The molecule has 0 saturated heterocycles. The zero-order valence-corrected chi connectivity index (χ0v) is 9.54. The summed E-state index contributed by atoms with van der Waals surface area (Å²) in [4.78, 5) is 10.9. The zero-order valence-electron chi connectivity index (χ0n) is 7.20. The van der Waals surface area contributed by atoms with Crippen LogP contribution in [0.4, 0.5) is 14.9 Å². The molecule has 0 aliphatic heterocycles. The van der Waals surface area contributed by atoms with Crippen LogP contribution in [0.25, 0.3) is 0 Å². The van der Waals surface area contributed by atoms with Crippen molar-refractivity contribution in [2.24, 2.45) is 0 Å². The Bertz CT molecular complexity index is 349. The molecule has 76 valence electrons. The Morgan fingerprint density at radius 2 is 2.21 bits per heavy atom. The standard InChI is InChI=1S/C8H7BrClFN2O/c1-12-8(14)13-7-5(10)2-4(9)3-6(7)11/h2-3H,1H3,(H2,12,13,14). The van der Waals surface area contributed by atoms with Crippen LogP contribution in [0.1, 0.15) is 0 Å². The van der Waals surface area contributed by atoms with Gasteiger partial charge in [0.05, 0.1) is 10.7 Å². The lowest BCUT2D eigenvalue weighted by molar-refractivity contribution is 0.254. The van der Waals surface area contributed by atoms with Gasteiger partial charge in [0.25, 0.3) is 0 Å². The summed E-state index contributed by atoms with van der Waals surface area (Å²) in [7, 11) is 1.43. The van der Waals surface area contributed by atoms with E-state index in [4.69, 9.17) is 11.6 Å². The van der Waals surface area contributed by atoms with Gasteiger partial charge in [0, 0.05) is 11.5 Å². The molecule has 0 saturated carbocycles.